The first-order chi connectivity index (χ1) is 15.7. The molecule has 1 aromatic carbocycles. The van der Waals surface area contributed by atoms with Crippen LogP contribution in [0, 0.1) is 0 Å². The maximum atomic E-state index is 6.34. The third kappa shape index (κ3) is 4.55. The molecule has 32 heavy (non-hydrogen) atoms. The van der Waals surface area contributed by atoms with Crippen LogP contribution in [0.4, 0.5) is 5.82 Å². The highest BCUT2D eigenvalue weighted by atomic mass is 32.2. The summed E-state index contributed by atoms with van der Waals surface area (Å²) in [5, 5.41) is 11.4. The molecule has 0 saturated carbocycles. The van der Waals surface area contributed by atoms with Crippen LogP contribution in [0.2, 0.25) is 0 Å². The minimum Gasteiger partial charge on any atom is -0.383 e. The molecule has 4 aromatic rings. The Morgan fingerprint density at radius 2 is 1.94 bits per heavy atom. The van der Waals surface area contributed by atoms with Crippen molar-refractivity contribution in [2.24, 2.45) is 7.05 Å². The molecular formula is C23H24N6S3. The van der Waals surface area contributed by atoms with Gasteiger partial charge in [-0.1, -0.05) is 66.0 Å². The first kappa shape index (κ1) is 21.5. The van der Waals surface area contributed by atoms with Crippen LogP contribution in [-0.4, -0.2) is 30.5 Å². The van der Waals surface area contributed by atoms with E-state index in [2.05, 4.69) is 39.5 Å². The van der Waals surface area contributed by atoms with Gasteiger partial charge in [-0.2, -0.15) is 0 Å². The van der Waals surface area contributed by atoms with Gasteiger partial charge in [0.2, 0.25) is 0 Å². The molecule has 0 atom stereocenters. The van der Waals surface area contributed by atoms with E-state index < -0.39 is 0 Å². The van der Waals surface area contributed by atoms with Crippen LogP contribution in [0.3, 0.4) is 0 Å². The number of aromatic nitrogens is 5. The summed E-state index contributed by atoms with van der Waals surface area (Å²) in [5.41, 5.74) is 8.91. The quantitative estimate of drug-likeness (QED) is 0.281. The van der Waals surface area contributed by atoms with E-state index in [9.17, 15) is 0 Å². The van der Waals surface area contributed by atoms with Crippen molar-refractivity contribution >= 4 is 57.0 Å². The van der Waals surface area contributed by atoms with Crippen LogP contribution < -0.4 is 5.73 Å². The number of hydrogen-bond acceptors (Lipinski definition) is 8. The van der Waals surface area contributed by atoms with Gasteiger partial charge in [-0.05, 0) is 36.8 Å². The minimum absolute atomic E-state index is 0.608. The van der Waals surface area contributed by atoms with Crippen LogP contribution in [0.25, 0.3) is 16.3 Å². The Bertz CT molecular complexity index is 1260. The maximum absolute atomic E-state index is 6.34. The number of thioether (sulfide) groups is 2. The fraction of sp³-hybridized carbons (Fsp3) is 0.304. The maximum Gasteiger partial charge on any atom is 0.191 e. The third-order valence-electron chi connectivity index (χ3n) is 5.50. The third-order valence-corrected chi connectivity index (χ3v) is 8.50. The number of nitrogen functional groups attached to an aromatic ring is 1. The normalized spacial score (nSPS) is 13.8. The van der Waals surface area contributed by atoms with Crippen molar-refractivity contribution in [1.29, 1.82) is 0 Å². The van der Waals surface area contributed by atoms with E-state index in [4.69, 9.17) is 10.7 Å². The standard InChI is InChI=1S/C23H24N6S3/c1-29-18(27-28-23(29)30-13-7-10-15-8-3-2-4-9-15)14-31-22-25-20(24)19-16-11-5-6-12-17(16)32-21(19)26-22/h2-4,7-10H,5-6,11-14H2,1H3,(H2,24,25,26)/b10-7-. The molecule has 3 aromatic heterocycles. The smallest absolute Gasteiger partial charge is 0.191 e. The van der Waals surface area contributed by atoms with Gasteiger partial charge in [-0.15, -0.1) is 21.5 Å². The molecule has 3 heterocycles. The average Bonchev–Trinajstić information content (AvgIpc) is 3.36. The van der Waals surface area contributed by atoms with Gasteiger partial charge in [0, 0.05) is 17.7 Å². The molecule has 0 radical (unpaired) electrons. The van der Waals surface area contributed by atoms with Gasteiger partial charge in [0.15, 0.2) is 10.3 Å². The van der Waals surface area contributed by atoms with Crippen molar-refractivity contribution in [3.63, 3.8) is 0 Å². The topological polar surface area (TPSA) is 82.5 Å². The number of rotatable bonds is 7. The lowest BCUT2D eigenvalue weighted by Gasteiger charge is -2.10. The van der Waals surface area contributed by atoms with E-state index in [1.54, 1.807) is 34.9 Å². The fourth-order valence-corrected chi connectivity index (χ4v) is 6.72. The number of benzene rings is 1. The molecule has 0 unspecified atom stereocenters. The molecule has 164 valence electrons. The molecule has 0 aliphatic heterocycles. The second-order valence-electron chi connectivity index (χ2n) is 7.65. The van der Waals surface area contributed by atoms with Crippen LogP contribution in [-0.2, 0) is 25.6 Å². The van der Waals surface area contributed by atoms with Crippen LogP contribution in [0.1, 0.15) is 34.7 Å². The molecule has 2 N–H and O–H groups in total. The highest BCUT2D eigenvalue weighted by Gasteiger charge is 2.20. The van der Waals surface area contributed by atoms with Crippen molar-refractivity contribution in [2.45, 2.75) is 41.7 Å². The molecule has 9 heteroatoms. The summed E-state index contributed by atoms with van der Waals surface area (Å²) in [7, 11) is 2.00. The zero-order chi connectivity index (χ0) is 21.9. The Hall–Kier alpha value is -2.36. The van der Waals surface area contributed by atoms with E-state index in [0.29, 0.717) is 16.7 Å². The fourth-order valence-electron chi connectivity index (χ4n) is 3.83. The molecule has 0 amide bonds. The average molecular weight is 481 g/mol. The van der Waals surface area contributed by atoms with Gasteiger partial charge in [-0.3, -0.25) is 0 Å². The summed E-state index contributed by atoms with van der Waals surface area (Å²) < 4.78 is 2.04. The Kier molecular flexibility index (Phi) is 6.47. The number of nitrogens with zero attached hydrogens (tertiary/aromatic N) is 5. The summed E-state index contributed by atoms with van der Waals surface area (Å²) in [6.07, 6.45) is 8.98. The lowest BCUT2D eigenvalue weighted by atomic mass is 9.97. The van der Waals surface area contributed by atoms with Gasteiger partial charge in [0.25, 0.3) is 0 Å². The first-order valence-corrected chi connectivity index (χ1v) is 13.4. The van der Waals surface area contributed by atoms with Crippen molar-refractivity contribution in [3.05, 3.63) is 58.2 Å². The largest absolute Gasteiger partial charge is 0.383 e. The monoisotopic (exact) mass is 480 g/mol. The number of thiophene rings is 1. The van der Waals surface area contributed by atoms with Crippen LogP contribution >= 0.6 is 34.9 Å². The van der Waals surface area contributed by atoms with E-state index in [-0.39, 0.29) is 0 Å². The van der Waals surface area contributed by atoms with Gasteiger partial charge < -0.3 is 10.3 Å². The summed E-state index contributed by atoms with van der Waals surface area (Å²) in [6.45, 7) is 0. The summed E-state index contributed by atoms with van der Waals surface area (Å²) in [5.74, 6) is 3.00. The Morgan fingerprint density at radius 3 is 2.81 bits per heavy atom. The predicted molar refractivity (Wildman–Crippen MR) is 135 cm³/mol. The Morgan fingerprint density at radius 1 is 1.09 bits per heavy atom. The number of anilines is 1. The number of nitrogens with two attached hydrogens (primary N) is 1. The highest BCUT2D eigenvalue weighted by molar-refractivity contribution is 7.99. The van der Waals surface area contributed by atoms with Gasteiger partial charge >= 0.3 is 0 Å². The van der Waals surface area contributed by atoms with E-state index >= 15 is 0 Å². The van der Waals surface area contributed by atoms with Crippen LogP contribution in [0.5, 0.6) is 0 Å². The van der Waals surface area contributed by atoms with E-state index in [0.717, 1.165) is 39.8 Å². The van der Waals surface area contributed by atoms with Gasteiger partial charge in [0.05, 0.1) is 11.1 Å². The molecule has 1 aliphatic carbocycles. The zero-order valence-electron chi connectivity index (χ0n) is 17.8. The molecule has 5 rings (SSSR count). The molecule has 0 bridgehead atoms. The summed E-state index contributed by atoms with van der Waals surface area (Å²) in [6, 6.07) is 10.3. The van der Waals surface area contributed by atoms with Crippen molar-refractivity contribution < 1.29 is 0 Å². The summed E-state index contributed by atoms with van der Waals surface area (Å²) >= 11 is 5.01. The molecule has 0 spiro atoms. The lowest BCUT2D eigenvalue weighted by molar-refractivity contribution is 0.700. The predicted octanol–water partition coefficient (Wildman–Crippen LogP) is 5.38. The van der Waals surface area contributed by atoms with Crippen molar-refractivity contribution in [1.82, 2.24) is 24.7 Å². The van der Waals surface area contributed by atoms with Crippen molar-refractivity contribution in [3.8, 4) is 0 Å². The molecular weight excluding hydrogens is 456 g/mol. The molecule has 1 aliphatic rings. The summed E-state index contributed by atoms with van der Waals surface area (Å²) in [4.78, 5) is 11.8. The second kappa shape index (κ2) is 9.64. The Labute approximate surface area is 199 Å². The SMILES string of the molecule is Cn1c(CSc2nc(N)c3c4c(sc3n2)CCCC4)nnc1SC/C=C\c1ccccc1. The van der Waals surface area contributed by atoms with Crippen molar-refractivity contribution in [2.75, 3.05) is 11.5 Å². The Balaban J connectivity index is 1.23. The van der Waals surface area contributed by atoms with E-state index in [1.807, 2.05) is 29.8 Å². The minimum atomic E-state index is 0.608. The van der Waals surface area contributed by atoms with E-state index in [1.165, 1.54) is 28.8 Å². The molecule has 6 nitrogen and oxygen atoms in total. The van der Waals surface area contributed by atoms with Gasteiger partial charge in [0.1, 0.15) is 16.5 Å². The first-order valence-electron chi connectivity index (χ1n) is 10.6. The lowest BCUT2D eigenvalue weighted by Crippen LogP contribution is -2.02. The number of hydrogen-bond donors (Lipinski definition) is 1. The zero-order valence-corrected chi connectivity index (χ0v) is 20.3. The second-order valence-corrected chi connectivity index (χ2v) is 10.7. The molecule has 0 fully saturated rings. The molecule has 0 saturated heterocycles. The number of fused-ring (bicyclic) bond motifs is 3. The highest BCUT2D eigenvalue weighted by Crippen LogP contribution is 2.38. The van der Waals surface area contributed by atoms with Crippen LogP contribution in [0.15, 0.2) is 46.7 Å². The van der Waals surface area contributed by atoms with Gasteiger partial charge in [-0.25, -0.2) is 9.97 Å². The number of aryl methyl sites for hydroxylation is 2.